The molecule has 0 saturated carbocycles. The molecule has 0 aliphatic carbocycles. The Kier molecular flexibility index (Phi) is 20.1. The second kappa shape index (κ2) is 24.9. The van der Waals surface area contributed by atoms with Crippen LogP contribution in [0.15, 0.2) is 30.5 Å². The molecule has 4 aliphatic rings. The number of cyclic esters (lactones) is 2. The lowest BCUT2D eigenvalue weighted by molar-refractivity contribution is -0.318. The number of likely N-dealkylation sites (N-methyl/N-ethyl adjacent to an activating group) is 2. The maximum absolute atomic E-state index is 14.5. The van der Waals surface area contributed by atoms with Crippen molar-refractivity contribution in [1.29, 1.82) is 0 Å². The van der Waals surface area contributed by atoms with Crippen LogP contribution in [0.5, 0.6) is 0 Å². The number of hydrogen-bond acceptors (Lipinski definition) is 18. The molecule has 0 radical (unpaired) electrons. The zero-order valence-electron chi connectivity index (χ0n) is 45.9. The molecule has 20 nitrogen and oxygen atoms in total. The number of aryl methyl sites for hydroxylation is 1. The lowest BCUT2D eigenvalue weighted by Gasteiger charge is -2.49. The quantitative estimate of drug-likeness (QED) is 0.125. The number of hydrogen-bond donors (Lipinski definition) is 5. The van der Waals surface area contributed by atoms with Crippen LogP contribution in [0, 0.1) is 23.6 Å². The van der Waals surface area contributed by atoms with Gasteiger partial charge in [-0.1, -0.05) is 32.1 Å². The predicted molar refractivity (Wildman–Crippen MR) is 270 cm³/mol. The van der Waals surface area contributed by atoms with Gasteiger partial charge in [-0.2, -0.15) is 0 Å². The van der Waals surface area contributed by atoms with Gasteiger partial charge in [-0.05, 0) is 132 Å². The Morgan fingerprint density at radius 3 is 2.34 bits per heavy atom. The first-order chi connectivity index (χ1) is 34.7. The van der Waals surface area contributed by atoms with Crippen LogP contribution in [-0.4, -0.2) is 200 Å². The standard InChI is InChI=1S/C53H87FN6O14/c1-14-41-53(10,67)45(62)34(6)58(12)26-30(2)24-51(8,66)47(32(4)44(33(5)48(64)72-41)73-42-25-52(9,68-13)46(63)35(7)70-42)74-49-43(61)40(22-31(3)69-49)57(11)21-16-15-19-37-27-59(56-55-37)28-39-29-60(50(65)71-39)38-20-17-18-36(54)23-38/h17-18,20,23,27,30-35,39-47,49,61-63,66-67H,14-16,19,21-22,24-26,28-29H2,1-13H3/t30-,31-,32+,33-,34-,35+,39+,40+,41-,42+,43-,44+,45-,46+,47-,49?,51-,52-,53-/m1/s1. The molecule has 6 rings (SSSR count). The van der Waals surface area contributed by atoms with Gasteiger partial charge in [-0.25, -0.2) is 13.9 Å². The number of aliphatic hydroxyl groups is 5. The van der Waals surface area contributed by atoms with Gasteiger partial charge in [-0.3, -0.25) is 9.69 Å². The maximum Gasteiger partial charge on any atom is 0.414 e. The Morgan fingerprint density at radius 2 is 1.66 bits per heavy atom. The summed E-state index contributed by atoms with van der Waals surface area (Å²) in [5.41, 5.74) is -3.35. The molecule has 1 unspecified atom stereocenters. The monoisotopic (exact) mass is 1050 g/mol. The van der Waals surface area contributed by atoms with Gasteiger partial charge in [0, 0.05) is 44.3 Å². The average Bonchev–Trinajstić information content (AvgIpc) is 3.95. The number of unbranched alkanes of at least 4 members (excludes halogenated alkanes) is 1. The lowest BCUT2D eigenvalue weighted by Crippen LogP contribution is -2.60. The van der Waals surface area contributed by atoms with E-state index in [1.807, 2.05) is 46.0 Å². The Balaban J connectivity index is 1.18. The van der Waals surface area contributed by atoms with E-state index in [0.717, 1.165) is 18.5 Å². The molecule has 74 heavy (non-hydrogen) atoms. The van der Waals surface area contributed by atoms with Gasteiger partial charge >= 0.3 is 12.1 Å². The second-order valence-corrected chi connectivity index (χ2v) is 22.7. The molecule has 2 aromatic rings. The molecule has 4 saturated heterocycles. The van der Waals surface area contributed by atoms with Crippen molar-refractivity contribution in [1.82, 2.24) is 24.8 Å². The van der Waals surface area contributed by atoms with Crippen LogP contribution in [0.3, 0.4) is 0 Å². The fraction of sp³-hybridized carbons (Fsp3) is 0.811. The summed E-state index contributed by atoms with van der Waals surface area (Å²) in [5, 5.41) is 68.3. The van der Waals surface area contributed by atoms with E-state index in [-0.39, 0.29) is 37.8 Å². The number of anilines is 1. The van der Waals surface area contributed by atoms with Gasteiger partial charge in [-0.15, -0.1) is 5.10 Å². The summed E-state index contributed by atoms with van der Waals surface area (Å²) in [5.74, 6) is -3.25. The number of carbonyl (C=O) groups is 2. The predicted octanol–water partition coefficient (Wildman–Crippen LogP) is 4.05. The molecule has 4 fully saturated rings. The molecule has 21 heteroatoms. The van der Waals surface area contributed by atoms with Crippen LogP contribution in [0.25, 0.3) is 0 Å². The van der Waals surface area contributed by atoms with E-state index in [1.165, 1.54) is 31.1 Å². The highest BCUT2D eigenvalue weighted by molar-refractivity contribution is 5.89. The van der Waals surface area contributed by atoms with E-state index in [4.69, 9.17) is 33.2 Å². The third kappa shape index (κ3) is 14.0. The highest BCUT2D eigenvalue weighted by atomic mass is 19.1. The van der Waals surface area contributed by atoms with Crippen molar-refractivity contribution in [3.05, 3.63) is 42.0 Å². The molecule has 5 N–H and O–H groups in total. The first-order valence-corrected chi connectivity index (χ1v) is 26.6. The summed E-state index contributed by atoms with van der Waals surface area (Å²) >= 11 is 0. The minimum absolute atomic E-state index is 0.0934. The van der Waals surface area contributed by atoms with Crippen molar-refractivity contribution in [2.75, 3.05) is 45.7 Å². The minimum Gasteiger partial charge on any atom is -0.459 e. The van der Waals surface area contributed by atoms with Gasteiger partial charge in [0.05, 0.1) is 66.0 Å². The number of amides is 1. The first kappa shape index (κ1) is 59.8. The normalized spacial score (nSPS) is 40.4. The topological polar surface area (TPSA) is 240 Å². The maximum atomic E-state index is 14.5. The smallest absolute Gasteiger partial charge is 0.414 e. The van der Waals surface area contributed by atoms with Crippen molar-refractivity contribution in [3.8, 4) is 0 Å². The molecule has 4 aliphatic heterocycles. The van der Waals surface area contributed by atoms with Gasteiger partial charge in [0.1, 0.15) is 41.9 Å². The van der Waals surface area contributed by atoms with Gasteiger partial charge in [0.15, 0.2) is 12.6 Å². The molecule has 0 spiro atoms. The number of aromatic nitrogens is 3. The van der Waals surface area contributed by atoms with Gasteiger partial charge < -0.3 is 68.5 Å². The van der Waals surface area contributed by atoms with E-state index in [0.29, 0.717) is 38.2 Å². The Bertz CT molecular complexity index is 2140. The van der Waals surface area contributed by atoms with Crippen LogP contribution in [0.1, 0.15) is 113 Å². The summed E-state index contributed by atoms with van der Waals surface area (Å²) in [6.45, 7) is 19.1. The lowest BCUT2D eigenvalue weighted by atomic mass is 9.77. The van der Waals surface area contributed by atoms with E-state index < -0.39 is 120 Å². The number of esters is 1. The van der Waals surface area contributed by atoms with Gasteiger partial charge in [0.2, 0.25) is 0 Å². The number of nitrogens with zero attached hydrogens (tertiary/aromatic N) is 6. The molecule has 420 valence electrons. The summed E-state index contributed by atoms with van der Waals surface area (Å²) < 4.78 is 59.3. The van der Waals surface area contributed by atoms with E-state index in [1.54, 1.807) is 58.4 Å². The van der Waals surface area contributed by atoms with Crippen molar-refractivity contribution < 1.29 is 72.7 Å². The molecule has 1 aromatic heterocycles. The molecule has 5 heterocycles. The summed E-state index contributed by atoms with van der Waals surface area (Å²) in [7, 11) is 5.28. The van der Waals surface area contributed by atoms with Crippen molar-refractivity contribution in [2.45, 2.75) is 217 Å². The number of halogens is 1. The van der Waals surface area contributed by atoms with Crippen LogP contribution < -0.4 is 4.90 Å². The van der Waals surface area contributed by atoms with Crippen LogP contribution in [-0.2, 0) is 50.9 Å². The summed E-state index contributed by atoms with van der Waals surface area (Å²) in [6.07, 6.45) is -6.15. The van der Waals surface area contributed by atoms with E-state index in [2.05, 4.69) is 15.2 Å². The zero-order chi connectivity index (χ0) is 54.6. The highest BCUT2D eigenvalue weighted by Gasteiger charge is 2.53. The van der Waals surface area contributed by atoms with Crippen LogP contribution >= 0.6 is 0 Å². The highest BCUT2D eigenvalue weighted by Crippen LogP contribution is 2.40. The fourth-order valence-electron chi connectivity index (χ4n) is 11.7. The van der Waals surface area contributed by atoms with Crippen LogP contribution in [0.2, 0.25) is 0 Å². The molecular formula is C53H87FN6O14. The first-order valence-electron chi connectivity index (χ1n) is 26.6. The van der Waals surface area contributed by atoms with E-state index in [9.17, 15) is 39.5 Å². The number of ether oxygens (including phenoxy) is 7. The second-order valence-electron chi connectivity index (χ2n) is 22.7. The Labute approximate surface area is 436 Å². The number of rotatable bonds is 15. The molecule has 19 atom stereocenters. The van der Waals surface area contributed by atoms with Gasteiger partial charge in [0.25, 0.3) is 0 Å². The molecule has 0 bridgehead atoms. The van der Waals surface area contributed by atoms with Crippen molar-refractivity contribution in [2.24, 2.45) is 17.8 Å². The molecule has 1 amide bonds. The summed E-state index contributed by atoms with van der Waals surface area (Å²) in [4.78, 5) is 32.4. The molecule has 1 aromatic carbocycles. The number of methoxy groups -OCH3 is 1. The SMILES string of the molecule is CC[C@H]1OC(=O)[C@H](C)[C@@H](O[C@H]2C[C@@](C)(OC)[C@@H](O)[C@H](C)O2)[C@H](C)[C@@H](OC2O[C@H](C)C[C@H](N(C)CCCCc3cn(C[C@H]4CN(c5cccc(F)c5)C(=O)O4)nn3)[C@H]2O)[C@](C)(O)C[C@@H](C)CN(C)[C@H](C)[C@@H](O)[C@]1(C)O. The number of aliphatic hydroxyl groups excluding tert-OH is 3. The minimum atomic E-state index is -1.84. The van der Waals surface area contributed by atoms with Crippen molar-refractivity contribution in [3.63, 3.8) is 0 Å². The van der Waals surface area contributed by atoms with Crippen molar-refractivity contribution >= 4 is 17.7 Å². The number of benzene rings is 1. The third-order valence-electron chi connectivity index (χ3n) is 16.3. The zero-order valence-corrected chi connectivity index (χ0v) is 45.9. The number of carbonyl (C=O) groups excluding carboxylic acids is 2. The van der Waals surface area contributed by atoms with E-state index >= 15 is 0 Å². The third-order valence-corrected chi connectivity index (χ3v) is 16.3. The Morgan fingerprint density at radius 1 is 0.946 bits per heavy atom. The Hall–Kier alpha value is -3.45. The fourth-order valence-corrected chi connectivity index (χ4v) is 11.7. The average molecular weight is 1050 g/mol. The van der Waals surface area contributed by atoms with Crippen LogP contribution in [0.4, 0.5) is 14.9 Å². The molecular weight excluding hydrogens is 964 g/mol. The summed E-state index contributed by atoms with van der Waals surface area (Å²) in [6, 6.07) is 4.83. The largest absolute Gasteiger partial charge is 0.459 e.